The zero-order valence-electron chi connectivity index (χ0n) is 16.1. The minimum Gasteiger partial charge on any atom is -0.478 e. The second-order valence-corrected chi connectivity index (χ2v) is 7.87. The molecule has 4 aromatic rings. The van der Waals surface area contributed by atoms with Crippen LogP contribution in [0.25, 0.3) is 10.9 Å². The summed E-state index contributed by atoms with van der Waals surface area (Å²) in [6, 6.07) is 18.4. The minimum absolute atomic E-state index is 0.0265. The molecule has 0 unspecified atom stereocenters. The number of hydrogen-bond acceptors (Lipinski definition) is 3. The number of aromatic nitrogens is 2. The lowest BCUT2D eigenvalue weighted by atomic mass is 10.1. The third-order valence-corrected chi connectivity index (χ3v) is 5.49. The molecule has 4 rings (SSSR count). The fraction of sp³-hybridized carbons (Fsp3) is 0.0870. The van der Waals surface area contributed by atoms with Crippen molar-refractivity contribution in [3.8, 4) is 0 Å². The Morgan fingerprint density at radius 3 is 2.10 bits per heavy atom. The molecule has 0 bridgehead atoms. The summed E-state index contributed by atoms with van der Waals surface area (Å²) >= 11 is 12.5. The summed E-state index contributed by atoms with van der Waals surface area (Å²) in [5.41, 5.74) is 0.913. The second-order valence-electron chi connectivity index (χ2n) is 7.03. The van der Waals surface area contributed by atoms with E-state index >= 15 is 0 Å². The van der Waals surface area contributed by atoms with Gasteiger partial charge in [-0.25, -0.2) is 9.59 Å². The van der Waals surface area contributed by atoms with Crippen LogP contribution in [0.15, 0.2) is 76.3 Å². The maximum atomic E-state index is 13.4. The van der Waals surface area contributed by atoms with Crippen molar-refractivity contribution in [1.29, 1.82) is 0 Å². The molecule has 31 heavy (non-hydrogen) atoms. The normalized spacial score (nSPS) is 11.0. The molecule has 1 heterocycles. The lowest BCUT2D eigenvalue weighted by molar-refractivity contribution is 0.0697. The molecular formula is C23H16Cl2N2O4. The van der Waals surface area contributed by atoms with Crippen LogP contribution >= 0.6 is 23.2 Å². The van der Waals surface area contributed by atoms with Gasteiger partial charge >= 0.3 is 11.7 Å². The van der Waals surface area contributed by atoms with E-state index in [9.17, 15) is 14.4 Å². The molecular weight excluding hydrogens is 439 g/mol. The SMILES string of the molecule is O=C(O)c1ccc(Cn2c(=O)c3c(Cl)cc(Cl)cc3n(Cc3ccccc3)c2=O)cc1. The molecule has 0 fully saturated rings. The van der Waals surface area contributed by atoms with Crippen LogP contribution in [0.4, 0.5) is 0 Å². The zero-order chi connectivity index (χ0) is 22.1. The van der Waals surface area contributed by atoms with Gasteiger partial charge in [0, 0.05) is 5.02 Å². The van der Waals surface area contributed by atoms with Gasteiger partial charge in [-0.3, -0.25) is 13.9 Å². The lowest BCUT2D eigenvalue weighted by Crippen LogP contribution is -2.40. The van der Waals surface area contributed by atoms with Crippen molar-refractivity contribution in [3.63, 3.8) is 0 Å². The van der Waals surface area contributed by atoms with Crippen LogP contribution in [0, 0.1) is 0 Å². The zero-order valence-corrected chi connectivity index (χ0v) is 17.6. The second kappa shape index (κ2) is 8.41. The number of carboxylic acid groups (broad SMARTS) is 1. The first-order valence-corrected chi connectivity index (χ1v) is 10.1. The molecule has 3 aromatic carbocycles. The minimum atomic E-state index is -1.05. The van der Waals surface area contributed by atoms with Gasteiger partial charge in [-0.05, 0) is 35.4 Å². The average Bonchev–Trinajstić information content (AvgIpc) is 2.74. The summed E-state index contributed by atoms with van der Waals surface area (Å²) in [6.07, 6.45) is 0. The van der Waals surface area contributed by atoms with E-state index in [1.807, 2.05) is 30.3 Å². The molecule has 0 aliphatic carbocycles. The summed E-state index contributed by atoms with van der Waals surface area (Å²) in [4.78, 5) is 37.6. The number of carboxylic acids is 1. The Labute approximate surface area is 186 Å². The number of halogens is 2. The van der Waals surface area contributed by atoms with Crippen LogP contribution in [-0.4, -0.2) is 20.2 Å². The standard InChI is InChI=1S/C23H16Cl2N2O4/c24-17-10-18(25)20-19(11-17)26(12-14-4-2-1-3-5-14)23(31)27(21(20)28)13-15-6-8-16(9-7-15)22(29)30/h1-11H,12-13H2,(H,29,30). The van der Waals surface area contributed by atoms with E-state index in [-0.39, 0.29) is 29.1 Å². The predicted molar refractivity (Wildman–Crippen MR) is 121 cm³/mol. The van der Waals surface area contributed by atoms with E-state index in [0.29, 0.717) is 16.1 Å². The Hall–Kier alpha value is -3.35. The van der Waals surface area contributed by atoms with Gasteiger partial charge < -0.3 is 5.11 Å². The molecule has 0 saturated carbocycles. The van der Waals surface area contributed by atoms with Crippen molar-refractivity contribution in [1.82, 2.24) is 9.13 Å². The van der Waals surface area contributed by atoms with Crippen molar-refractivity contribution in [2.75, 3.05) is 0 Å². The Morgan fingerprint density at radius 1 is 0.839 bits per heavy atom. The maximum absolute atomic E-state index is 13.4. The van der Waals surface area contributed by atoms with Gasteiger partial charge in [-0.2, -0.15) is 0 Å². The molecule has 0 aliphatic rings. The monoisotopic (exact) mass is 454 g/mol. The van der Waals surface area contributed by atoms with E-state index in [4.69, 9.17) is 28.3 Å². The topological polar surface area (TPSA) is 81.3 Å². The number of hydrogen-bond donors (Lipinski definition) is 1. The largest absolute Gasteiger partial charge is 0.478 e. The first kappa shape index (κ1) is 20.9. The predicted octanol–water partition coefficient (Wildman–Crippen LogP) is 4.26. The third kappa shape index (κ3) is 4.13. The molecule has 6 nitrogen and oxygen atoms in total. The fourth-order valence-electron chi connectivity index (χ4n) is 3.45. The Kier molecular flexibility index (Phi) is 5.67. The molecule has 0 amide bonds. The van der Waals surface area contributed by atoms with Crippen LogP contribution in [-0.2, 0) is 13.1 Å². The summed E-state index contributed by atoms with van der Waals surface area (Å²) in [5.74, 6) is -1.05. The molecule has 0 aliphatic heterocycles. The smallest absolute Gasteiger partial charge is 0.335 e. The molecule has 1 N–H and O–H groups in total. The molecule has 0 saturated heterocycles. The summed E-state index contributed by atoms with van der Waals surface area (Å²) < 4.78 is 2.57. The Balaban J connectivity index is 1.92. The van der Waals surface area contributed by atoms with Gasteiger partial charge in [0.1, 0.15) is 0 Å². The van der Waals surface area contributed by atoms with Crippen molar-refractivity contribution < 1.29 is 9.90 Å². The van der Waals surface area contributed by atoms with Crippen LogP contribution in [0.2, 0.25) is 10.0 Å². The summed E-state index contributed by atoms with van der Waals surface area (Å²) in [6.45, 7) is 0.201. The summed E-state index contributed by atoms with van der Waals surface area (Å²) in [7, 11) is 0. The van der Waals surface area contributed by atoms with Crippen LogP contribution in [0.1, 0.15) is 21.5 Å². The molecule has 156 valence electrons. The van der Waals surface area contributed by atoms with Gasteiger partial charge in [0.05, 0.1) is 34.6 Å². The quantitative estimate of drug-likeness (QED) is 0.488. The molecule has 0 atom stereocenters. The van der Waals surface area contributed by atoms with Crippen molar-refractivity contribution in [2.24, 2.45) is 0 Å². The highest BCUT2D eigenvalue weighted by Gasteiger charge is 2.17. The number of aromatic carboxylic acids is 1. The number of nitrogens with zero attached hydrogens (tertiary/aromatic N) is 2. The third-order valence-electron chi connectivity index (χ3n) is 4.97. The van der Waals surface area contributed by atoms with E-state index < -0.39 is 17.2 Å². The van der Waals surface area contributed by atoms with E-state index in [0.717, 1.165) is 10.1 Å². The van der Waals surface area contributed by atoms with Crippen molar-refractivity contribution >= 4 is 40.1 Å². The van der Waals surface area contributed by atoms with Gasteiger partial charge in [-0.1, -0.05) is 65.7 Å². The van der Waals surface area contributed by atoms with Crippen LogP contribution in [0.5, 0.6) is 0 Å². The van der Waals surface area contributed by atoms with E-state index in [2.05, 4.69) is 0 Å². The van der Waals surface area contributed by atoms with Gasteiger partial charge in [0.15, 0.2) is 0 Å². The van der Waals surface area contributed by atoms with E-state index in [1.165, 1.54) is 22.8 Å². The van der Waals surface area contributed by atoms with Crippen molar-refractivity contribution in [3.05, 3.63) is 114 Å². The number of carbonyl (C=O) groups is 1. The highest BCUT2D eigenvalue weighted by molar-refractivity contribution is 6.38. The lowest BCUT2D eigenvalue weighted by Gasteiger charge is -2.15. The maximum Gasteiger partial charge on any atom is 0.335 e. The number of rotatable bonds is 5. The van der Waals surface area contributed by atoms with Crippen LogP contribution in [0.3, 0.4) is 0 Å². The summed E-state index contributed by atoms with van der Waals surface area (Å²) in [5, 5.41) is 9.74. The molecule has 0 spiro atoms. The van der Waals surface area contributed by atoms with Crippen LogP contribution < -0.4 is 11.2 Å². The van der Waals surface area contributed by atoms with E-state index in [1.54, 1.807) is 18.2 Å². The van der Waals surface area contributed by atoms with Gasteiger partial charge in [0.2, 0.25) is 0 Å². The average molecular weight is 455 g/mol. The van der Waals surface area contributed by atoms with Crippen molar-refractivity contribution in [2.45, 2.75) is 13.1 Å². The highest BCUT2D eigenvalue weighted by atomic mass is 35.5. The number of fused-ring (bicyclic) bond motifs is 1. The number of benzene rings is 3. The van der Waals surface area contributed by atoms with Gasteiger partial charge in [0.25, 0.3) is 5.56 Å². The molecule has 1 aromatic heterocycles. The molecule has 8 heteroatoms. The Bertz CT molecular complexity index is 1410. The first-order valence-electron chi connectivity index (χ1n) is 9.33. The Morgan fingerprint density at radius 2 is 1.45 bits per heavy atom. The fourth-order valence-corrected chi connectivity index (χ4v) is 4.01. The highest BCUT2D eigenvalue weighted by Crippen LogP contribution is 2.25. The van der Waals surface area contributed by atoms with Gasteiger partial charge in [-0.15, -0.1) is 0 Å². The molecule has 0 radical (unpaired) electrons. The first-order chi connectivity index (χ1) is 14.8.